The van der Waals surface area contributed by atoms with Crippen LogP contribution >= 0.6 is 0 Å². The molecule has 1 saturated heterocycles. The van der Waals surface area contributed by atoms with Crippen LogP contribution in [0.15, 0.2) is 35.5 Å². The maximum Gasteiger partial charge on any atom is 0.306 e. The van der Waals surface area contributed by atoms with Gasteiger partial charge in [0, 0.05) is 6.42 Å². The molecule has 0 N–H and O–H groups in total. The Morgan fingerprint density at radius 2 is 1.86 bits per heavy atom. The Kier molecular flexibility index (Phi) is 4.42. The summed E-state index contributed by atoms with van der Waals surface area (Å²) >= 11 is 0. The second kappa shape index (κ2) is 5.80. The molecule has 1 heterocycles. The molecule has 2 rings (SSSR count). The Bertz CT molecular complexity index is 538. The van der Waals surface area contributed by atoms with Crippen LogP contribution in [0.3, 0.4) is 0 Å². The third-order valence-electron chi connectivity index (χ3n) is 4.95. The summed E-state index contributed by atoms with van der Waals surface area (Å²) in [5.74, 6) is -0.0577. The molecular formula is C18H26O2Si. The lowest BCUT2D eigenvalue weighted by Gasteiger charge is -2.40. The molecule has 0 aromatic heterocycles. The lowest BCUT2D eigenvalue weighted by Crippen LogP contribution is -2.43. The minimum atomic E-state index is -1.73. The van der Waals surface area contributed by atoms with Crippen LogP contribution in [0.4, 0.5) is 0 Å². The Balaban J connectivity index is 2.45. The molecule has 1 atom stereocenters. The van der Waals surface area contributed by atoms with Gasteiger partial charge in [0.1, 0.15) is 6.10 Å². The van der Waals surface area contributed by atoms with Crippen LogP contribution < -0.4 is 0 Å². The van der Waals surface area contributed by atoms with Crippen molar-refractivity contribution in [2.45, 2.75) is 57.8 Å². The standard InChI is InChI=1S/C18H26O2Si/c1-18(2,3)21(4,5)16(15-11-12-17(19)20-15)13-14-9-7-6-8-10-14/h6-10,13,15H,11-12H2,1-5H3/b16-13+. The predicted molar refractivity (Wildman–Crippen MR) is 90.7 cm³/mol. The van der Waals surface area contributed by atoms with Gasteiger partial charge in [-0.3, -0.25) is 4.79 Å². The molecule has 21 heavy (non-hydrogen) atoms. The summed E-state index contributed by atoms with van der Waals surface area (Å²) in [6.07, 6.45) is 3.61. The first-order valence-corrected chi connectivity index (χ1v) is 10.7. The molecule has 0 amide bonds. The van der Waals surface area contributed by atoms with Gasteiger partial charge in [-0.1, -0.05) is 70.3 Å². The number of cyclic esters (lactones) is 1. The third-order valence-corrected chi connectivity index (χ3v) is 10.6. The fourth-order valence-electron chi connectivity index (χ4n) is 2.58. The number of carbonyl (C=O) groups is 1. The van der Waals surface area contributed by atoms with Crippen molar-refractivity contribution in [3.05, 3.63) is 41.1 Å². The molecule has 0 saturated carbocycles. The van der Waals surface area contributed by atoms with Crippen LogP contribution in [0, 0.1) is 0 Å². The molecule has 1 aliphatic rings. The number of esters is 1. The number of hydrogen-bond acceptors (Lipinski definition) is 2. The van der Waals surface area contributed by atoms with E-state index in [1.54, 1.807) is 0 Å². The Hall–Kier alpha value is -1.35. The summed E-state index contributed by atoms with van der Waals surface area (Å²) in [6.45, 7) is 11.7. The number of benzene rings is 1. The molecule has 1 fully saturated rings. The lowest BCUT2D eigenvalue weighted by atomic mass is 10.1. The highest BCUT2D eigenvalue weighted by Gasteiger charge is 2.43. The molecule has 1 unspecified atom stereocenters. The molecule has 2 nitrogen and oxygen atoms in total. The molecule has 0 radical (unpaired) electrons. The quantitative estimate of drug-likeness (QED) is 0.591. The number of carbonyl (C=O) groups excluding carboxylic acids is 1. The van der Waals surface area contributed by atoms with E-state index in [1.807, 2.05) is 6.07 Å². The zero-order chi connectivity index (χ0) is 15.7. The predicted octanol–water partition coefficient (Wildman–Crippen LogP) is 4.82. The molecule has 0 spiro atoms. The number of ether oxygens (including phenoxy) is 1. The van der Waals surface area contributed by atoms with E-state index in [-0.39, 0.29) is 17.1 Å². The van der Waals surface area contributed by atoms with Gasteiger partial charge in [-0.05, 0) is 22.2 Å². The molecule has 0 bridgehead atoms. The summed E-state index contributed by atoms with van der Waals surface area (Å²) in [7, 11) is -1.73. The van der Waals surface area contributed by atoms with Crippen LogP contribution in [0.2, 0.25) is 18.1 Å². The SMILES string of the molecule is CC(C)(C)[Si](C)(C)/C(=C/c1ccccc1)C1CCC(=O)O1. The smallest absolute Gasteiger partial charge is 0.306 e. The summed E-state index contributed by atoms with van der Waals surface area (Å²) < 4.78 is 5.60. The van der Waals surface area contributed by atoms with Crippen molar-refractivity contribution in [3.8, 4) is 0 Å². The maximum absolute atomic E-state index is 11.6. The average Bonchev–Trinajstić information content (AvgIpc) is 2.82. The van der Waals surface area contributed by atoms with E-state index < -0.39 is 8.07 Å². The Morgan fingerprint density at radius 3 is 2.33 bits per heavy atom. The number of rotatable bonds is 3. The molecule has 1 aromatic rings. The van der Waals surface area contributed by atoms with Crippen molar-refractivity contribution in [1.82, 2.24) is 0 Å². The summed E-state index contributed by atoms with van der Waals surface area (Å²) in [6, 6.07) is 10.4. The summed E-state index contributed by atoms with van der Waals surface area (Å²) in [4.78, 5) is 11.6. The van der Waals surface area contributed by atoms with E-state index in [0.717, 1.165) is 6.42 Å². The largest absolute Gasteiger partial charge is 0.458 e. The van der Waals surface area contributed by atoms with Crippen molar-refractivity contribution in [1.29, 1.82) is 0 Å². The minimum absolute atomic E-state index is 0.0291. The van der Waals surface area contributed by atoms with E-state index in [4.69, 9.17) is 4.74 Å². The third kappa shape index (κ3) is 3.46. The van der Waals surface area contributed by atoms with E-state index in [2.05, 4.69) is 64.2 Å². The zero-order valence-corrected chi connectivity index (χ0v) is 14.8. The van der Waals surface area contributed by atoms with Gasteiger partial charge in [0.25, 0.3) is 0 Å². The highest BCUT2D eigenvalue weighted by atomic mass is 28.3. The van der Waals surface area contributed by atoms with E-state index >= 15 is 0 Å². The van der Waals surface area contributed by atoms with Crippen LogP contribution in [0.1, 0.15) is 39.2 Å². The molecule has 0 aliphatic carbocycles. The lowest BCUT2D eigenvalue weighted by molar-refractivity contribution is -0.140. The van der Waals surface area contributed by atoms with Gasteiger partial charge in [0.2, 0.25) is 0 Å². The van der Waals surface area contributed by atoms with E-state index in [0.29, 0.717) is 6.42 Å². The number of hydrogen-bond donors (Lipinski definition) is 0. The van der Waals surface area contributed by atoms with Crippen molar-refractivity contribution in [3.63, 3.8) is 0 Å². The van der Waals surface area contributed by atoms with Crippen molar-refractivity contribution in [2.24, 2.45) is 0 Å². The van der Waals surface area contributed by atoms with Gasteiger partial charge < -0.3 is 4.74 Å². The fraction of sp³-hybridized carbons (Fsp3) is 0.500. The molecular weight excluding hydrogens is 276 g/mol. The van der Waals surface area contributed by atoms with Crippen molar-refractivity contribution >= 4 is 20.1 Å². The molecule has 1 aliphatic heterocycles. The van der Waals surface area contributed by atoms with Crippen LogP contribution in [0.5, 0.6) is 0 Å². The van der Waals surface area contributed by atoms with Crippen LogP contribution in [-0.2, 0) is 9.53 Å². The monoisotopic (exact) mass is 302 g/mol. The van der Waals surface area contributed by atoms with E-state index in [1.165, 1.54) is 10.8 Å². The Morgan fingerprint density at radius 1 is 1.24 bits per heavy atom. The van der Waals surface area contributed by atoms with Gasteiger partial charge in [-0.2, -0.15) is 0 Å². The topological polar surface area (TPSA) is 26.3 Å². The van der Waals surface area contributed by atoms with Gasteiger partial charge in [-0.25, -0.2) is 0 Å². The maximum atomic E-state index is 11.6. The van der Waals surface area contributed by atoms with Gasteiger partial charge in [0.15, 0.2) is 0 Å². The second-order valence-electron chi connectivity index (χ2n) is 7.40. The summed E-state index contributed by atoms with van der Waals surface area (Å²) in [5, 5.41) is 1.58. The minimum Gasteiger partial charge on any atom is -0.458 e. The summed E-state index contributed by atoms with van der Waals surface area (Å²) in [5.41, 5.74) is 1.19. The van der Waals surface area contributed by atoms with Gasteiger partial charge in [-0.15, -0.1) is 0 Å². The average molecular weight is 302 g/mol. The molecule has 1 aromatic carbocycles. The first-order chi connectivity index (χ1) is 9.72. The highest BCUT2D eigenvalue weighted by Crippen LogP contribution is 2.44. The molecule has 3 heteroatoms. The van der Waals surface area contributed by atoms with Gasteiger partial charge in [0.05, 0.1) is 8.07 Å². The molecule has 114 valence electrons. The van der Waals surface area contributed by atoms with Crippen LogP contribution in [0.25, 0.3) is 6.08 Å². The first-order valence-electron chi connectivity index (χ1n) is 7.68. The highest BCUT2D eigenvalue weighted by molar-refractivity contribution is 6.87. The van der Waals surface area contributed by atoms with Crippen LogP contribution in [-0.4, -0.2) is 20.1 Å². The zero-order valence-electron chi connectivity index (χ0n) is 13.8. The fourth-order valence-corrected chi connectivity index (χ4v) is 4.98. The van der Waals surface area contributed by atoms with Gasteiger partial charge >= 0.3 is 5.97 Å². The van der Waals surface area contributed by atoms with Crippen molar-refractivity contribution in [2.75, 3.05) is 0 Å². The van der Waals surface area contributed by atoms with E-state index in [9.17, 15) is 4.79 Å². The normalized spacial score (nSPS) is 20.5. The second-order valence-corrected chi connectivity index (χ2v) is 12.7. The van der Waals surface area contributed by atoms with Crippen molar-refractivity contribution < 1.29 is 9.53 Å². The first kappa shape index (κ1) is 16.0. The Labute approximate surface area is 129 Å².